The third-order valence-corrected chi connectivity index (χ3v) is 12.0. The van der Waals surface area contributed by atoms with Crippen LogP contribution < -0.4 is 0 Å². The summed E-state index contributed by atoms with van der Waals surface area (Å²) in [6, 6.07) is 7.83. The minimum absolute atomic E-state index is 0.0157. The number of rotatable bonds is 15. The first-order valence-corrected chi connectivity index (χ1v) is 16.9. The Bertz CT molecular complexity index is 1190. The predicted octanol–water partition coefficient (Wildman–Crippen LogP) is 3.30. The molecule has 1 N–H and O–H groups in total. The Morgan fingerprint density at radius 3 is 2.64 bits per heavy atom. The number of thioether (sulfide) groups is 1. The molecule has 10 heteroatoms. The molecule has 1 spiro atoms. The monoisotopic (exact) mass is 625 g/mol. The normalized spacial score (nSPS) is 30.2. The Kier molecular flexibility index (Phi) is 10.9. The maximum Gasteiger partial charge on any atom is 0.310 e. The van der Waals surface area contributed by atoms with E-state index in [-0.39, 0.29) is 35.6 Å². The maximum absolute atomic E-state index is 14.9. The van der Waals surface area contributed by atoms with Gasteiger partial charge in [0.2, 0.25) is 11.8 Å². The number of aliphatic hydroxyl groups excluding tert-OH is 1. The topological polar surface area (TPSA) is 99.6 Å². The molecule has 1 aromatic carbocycles. The molecule has 4 heterocycles. The number of hydrogen-bond acceptors (Lipinski definition) is 8. The van der Waals surface area contributed by atoms with Gasteiger partial charge < -0.3 is 24.4 Å². The maximum atomic E-state index is 14.9. The fourth-order valence-electron chi connectivity index (χ4n) is 7.74. The quantitative estimate of drug-likeness (QED) is 0.180. The first kappa shape index (κ1) is 32.7. The van der Waals surface area contributed by atoms with Crippen molar-refractivity contribution >= 4 is 29.5 Å². The molecule has 0 radical (unpaired) electrons. The number of nitrogens with zero attached hydrogens (tertiary/aromatic N) is 3. The average Bonchev–Trinajstić information content (AvgIpc) is 3.64. The van der Waals surface area contributed by atoms with Crippen LogP contribution in [0.3, 0.4) is 0 Å². The van der Waals surface area contributed by atoms with Gasteiger partial charge in [-0.05, 0) is 37.2 Å². The van der Waals surface area contributed by atoms with Gasteiger partial charge in [-0.1, -0.05) is 49.4 Å². The van der Waals surface area contributed by atoms with Gasteiger partial charge in [-0.25, -0.2) is 0 Å². The van der Waals surface area contributed by atoms with Gasteiger partial charge in [-0.15, -0.1) is 24.9 Å². The number of fused-ring (bicyclic) bond motifs is 1. The van der Waals surface area contributed by atoms with Crippen LogP contribution in [0.1, 0.15) is 44.2 Å². The number of ether oxygens (including phenoxy) is 2. The summed E-state index contributed by atoms with van der Waals surface area (Å²) in [6.45, 7) is 14.2. The van der Waals surface area contributed by atoms with Gasteiger partial charge in [0.25, 0.3) is 0 Å². The van der Waals surface area contributed by atoms with Crippen molar-refractivity contribution in [1.82, 2.24) is 14.7 Å². The highest BCUT2D eigenvalue weighted by Crippen LogP contribution is 2.69. The number of hydrogen-bond donors (Lipinski definition) is 1. The predicted molar refractivity (Wildman–Crippen MR) is 171 cm³/mol. The molecule has 9 nitrogen and oxygen atoms in total. The van der Waals surface area contributed by atoms with E-state index in [9.17, 15) is 19.5 Å². The van der Waals surface area contributed by atoms with Crippen molar-refractivity contribution in [2.24, 2.45) is 17.8 Å². The molecule has 44 heavy (non-hydrogen) atoms. The first-order valence-electron chi connectivity index (χ1n) is 16.0. The summed E-state index contributed by atoms with van der Waals surface area (Å²) in [6.07, 6.45) is 6.77. The molecule has 0 aromatic heterocycles. The Hall–Kier alpha value is -2.66. The summed E-state index contributed by atoms with van der Waals surface area (Å²) in [5, 5.41) is 10.7. The van der Waals surface area contributed by atoms with Gasteiger partial charge in [0, 0.05) is 38.0 Å². The highest BCUT2D eigenvalue weighted by molar-refractivity contribution is 8.02. The van der Waals surface area contributed by atoms with Crippen molar-refractivity contribution in [3.63, 3.8) is 0 Å². The third-order valence-electron chi connectivity index (χ3n) is 9.88. The molecule has 2 bridgehead atoms. The molecule has 4 saturated heterocycles. The van der Waals surface area contributed by atoms with Gasteiger partial charge in [-0.3, -0.25) is 19.3 Å². The van der Waals surface area contributed by atoms with Crippen LogP contribution in [0.2, 0.25) is 0 Å². The lowest BCUT2D eigenvalue weighted by molar-refractivity contribution is -0.155. The van der Waals surface area contributed by atoms with E-state index in [2.05, 4.69) is 25.0 Å². The number of allylic oxidation sites excluding steroid dienone is 1. The van der Waals surface area contributed by atoms with E-state index in [1.54, 1.807) is 27.6 Å². The molecule has 3 unspecified atom stereocenters. The lowest BCUT2D eigenvalue weighted by Gasteiger charge is -2.42. The summed E-state index contributed by atoms with van der Waals surface area (Å²) in [4.78, 5) is 48.9. The molecule has 0 aliphatic carbocycles. The fraction of sp³-hybridized carbons (Fsp3) is 0.618. The number of unbranched alkanes of at least 4 members (excludes halogenated alkanes) is 2. The van der Waals surface area contributed by atoms with Gasteiger partial charge in [0.1, 0.15) is 6.04 Å². The van der Waals surface area contributed by atoms with Crippen molar-refractivity contribution < 1.29 is 29.0 Å². The van der Waals surface area contributed by atoms with Crippen LogP contribution in [-0.2, 0) is 23.9 Å². The number of carbonyl (C=O) groups excluding carboxylic acids is 3. The van der Waals surface area contributed by atoms with Crippen molar-refractivity contribution in [2.75, 3.05) is 59.2 Å². The second kappa shape index (κ2) is 14.6. The van der Waals surface area contributed by atoms with Gasteiger partial charge in [-0.2, -0.15) is 0 Å². The molecular formula is C34H47N3O6S. The summed E-state index contributed by atoms with van der Waals surface area (Å²) in [5.41, 5.74) is 0.759. The SMILES string of the molecule is C=CCCCCOC(=O)[C@@H]1[C@@H]2CC(C)C3(S2)C(C(=O)N(CC=C)CCN2CCOCC2)N([C@H](CO)c2ccccc2)C(=O)[C@H]13. The first-order chi connectivity index (χ1) is 21.4. The molecule has 5 rings (SSSR count). The van der Waals surface area contributed by atoms with Crippen molar-refractivity contribution in [3.05, 3.63) is 61.2 Å². The largest absolute Gasteiger partial charge is 0.465 e. The smallest absolute Gasteiger partial charge is 0.310 e. The van der Waals surface area contributed by atoms with E-state index < -0.39 is 28.7 Å². The molecular weight excluding hydrogens is 578 g/mol. The number of benzene rings is 1. The van der Waals surface area contributed by atoms with Crippen LogP contribution in [0.25, 0.3) is 0 Å². The lowest BCUT2D eigenvalue weighted by Crippen LogP contribution is -2.58. The average molecular weight is 626 g/mol. The zero-order valence-electron chi connectivity index (χ0n) is 25.9. The number of morpholine rings is 1. The number of esters is 1. The second-order valence-corrected chi connectivity index (χ2v) is 13.9. The van der Waals surface area contributed by atoms with E-state index in [4.69, 9.17) is 9.47 Å². The molecule has 4 fully saturated rings. The van der Waals surface area contributed by atoms with E-state index in [1.165, 1.54) is 0 Å². The Labute approximate surface area is 265 Å². The fourth-order valence-corrected chi connectivity index (χ4v) is 10.1. The van der Waals surface area contributed by atoms with Crippen LogP contribution >= 0.6 is 11.8 Å². The lowest BCUT2D eigenvalue weighted by atomic mass is 9.66. The number of aliphatic hydroxyl groups is 1. The summed E-state index contributed by atoms with van der Waals surface area (Å²) in [7, 11) is 0. The summed E-state index contributed by atoms with van der Waals surface area (Å²) < 4.78 is 10.5. The molecule has 7 atom stereocenters. The molecule has 0 saturated carbocycles. The van der Waals surface area contributed by atoms with Gasteiger partial charge in [0.15, 0.2) is 0 Å². The minimum atomic E-state index is -0.836. The summed E-state index contributed by atoms with van der Waals surface area (Å²) >= 11 is 1.63. The zero-order chi connectivity index (χ0) is 31.3. The van der Waals surface area contributed by atoms with Gasteiger partial charge in [0.05, 0.1) is 49.1 Å². The molecule has 1 aromatic rings. The standard InChI is InChI=1S/C34H47N3O6S/c1-4-6-7-11-19-43-33(41)28-27-22-24(3)34(44-27)29(28)31(39)37(26(23-38)25-12-9-8-10-13-25)30(34)32(40)36(14-5-2)16-15-35-17-20-42-21-18-35/h4-5,8-10,12-13,24,26-30,38H,1-2,6-7,11,14-23H2,3H3/t24?,26-,27+,28-,29+,30?,34?/m1/s1. The Morgan fingerprint density at radius 2 is 1.95 bits per heavy atom. The van der Waals surface area contributed by atoms with E-state index in [0.29, 0.717) is 39.5 Å². The zero-order valence-corrected chi connectivity index (χ0v) is 26.7. The van der Waals surface area contributed by atoms with Crippen LogP contribution in [0.15, 0.2) is 55.6 Å². The number of carbonyl (C=O) groups is 3. The summed E-state index contributed by atoms with van der Waals surface area (Å²) in [5.74, 6) is -2.05. The van der Waals surface area contributed by atoms with Crippen LogP contribution in [-0.4, -0.2) is 113 Å². The Balaban J connectivity index is 1.49. The van der Waals surface area contributed by atoms with Crippen LogP contribution in [0, 0.1) is 17.8 Å². The Morgan fingerprint density at radius 1 is 1.20 bits per heavy atom. The number of amides is 2. The third kappa shape index (κ3) is 6.10. The highest BCUT2D eigenvalue weighted by atomic mass is 32.2. The molecule has 2 amide bonds. The van der Waals surface area contributed by atoms with Crippen molar-refractivity contribution in [2.45, 2.75) is 54.7 Å². The van der Waals surface area contributed by atoms with E-state index in [1.807, 2.05) is 36.4 Å². The molecule has 4 aliphatic heterocycles. The second-order valence-electron chi connectivity index (χ2n) is 12.4. The van der Waals surface area contributed by atoms with Crippen molar-refractivity contribution in [1.29, 1.82) is 0 Å². The van der Waals surface area contributed by atoms with Gasteiger partial charge >= 0.3 is 5.97 Å². The van der Waals surface area contributed by atoms with Crippen LogP contribution in [0.5, 0.6) is 0 Å². The number of likely N-dealkylation sites (tertiary alicyclic amines) is 1. The highest BCUT2D eigenvalue weighted by Gasteiger charge is 2.77. The molecule has 4 aliphatic rings. The molecule has 240 valence electrons. The van der Waals surface area contributed by atoms with E-state index >= 15 is 0 Å². The van der Waals surface area contributed by atoms with Crippen molar-refractivity contribution in [3.8, 4) is 0 Å². The minimum Gasteiger partial charge on any atom is -0.465 e. The van der Waals surface area contributed by atoms with Crippen LogP contribution in [0.4, 0.5) is 0 Å². The van der Waals surface area contributed by atoms with E-state index in [0.717, 1.165) is 44.3 Å².